The van der Waals surface area contributed by atoms with Crippen molar-refractivity contribution >= 4 is 11.9 Å². The van der Waals surface area contributed by atoms with E-state index < -0.39 is 0 Å². The largest absolute Gasteiger partial charge is 0.465 e. The van der Waals surface area contributed by atoms with Gasteiger partial charge in [0.05, 0.1) is 12.7 Å². The molecule has 0 spiro atoms. The van der Waals surface area contributed by atoms with Crippen LogP contribution in [0.4, 0.5) is 0 Å². The standard InChI is InChI=1S/C17H24N2O3/c1-18(2)12-15-6-4-5-11-19(15)16(20)13-7-9-14(10-8-13)17(21)22-3/h7-10,15H,4-6,11-12H2,1-3H3. The van der Waals surface area contributed by atoms with E-state index in [1.807, 2.05) is 19.0 Å². The van der Waals surface area contributed by atoms with Gasteiger partial charge >= 0.3 is 5.97 Å². The van der Waals surface area contributed by atoms with Gasteiger partial charge in [-0.3, -0.25) is 4.79 Å². The molecule has 120 valence electrons. The topological polar surface area (TPSA) is 49.9 Å². The number of ether oxygens (including phenoxy) is 1. The molecule has 22 heavy (non-hydrogen) atoms. The summed E-state index contributed by atoms with van der Waals surface area (Å²) < 4.78 is 4.67. The Morgan fingerprint density at radius 3 is 2.41 bits per heavy atom. The van der Waals surface area contributed by atoms with Crippen LogP contribution in [-0.4, -0.2) is 62.0 Å². The van der Waals surface area contributed by atoms with Gasteiger partial charge in [0.1, 0.15) is 0 Å². The van der Waals surface area contributed by atoms with E-state index in [0.29, 0.717) is 11.1 Å². The summed E-state index contributed by atoms with van der Waals surface area (Å²) in [5, 5.41) is 0. The summed E-state index contributed by atoms with van der Waals surface area (Å²) in [5.74, 6) is -0.342. The lowest BCUT2D eigenvalue weighted by Crippen LogP contribution is -2.48. The molecule has 0 radical (unpaired) electrons. The van der Waals surface area contributed by atoms with Crippen molar-refractivity contribution < 1.29 is 14.3 Å². The zero-order valence-corrected chi connectivity index (χ0v) is 13.5. The van der Waals surface area contributed by atoms with Gasteiger partial charge in [-0.1, -0.05) is 0 Å². The van der Waals surface area contributed by atoms with Gasteiger partial charge < -0.3 is 14.5 Å². The average Bonchev–Trinajstić information content (AvgIpc) is 2.53. The molecule has 1 aromatic rings. The van der Waals surface area contributed by atoms with E-state index in [1.54, 1.807) is 24.3 Å². The Morgan fingerprint density at radius 2 is 1.82 bits per heavy atom. The van der Waals surface area contributed by atoms with Gasteiger partial charge in [-0.2, -0.15) is 0 Å². The summed E-state index contributed by atoms with van der Waals surface area (Å²) in [6, 6.07) is 6.95. The fraction of sp³-hybridized carbons (Fsp3) is 0.529. The van der Waals surface area contributed by atoms with Crippen LogP contribution in [0.15, 0.2) is 24.3 Å². The zero-order valence-electron chi connectivity index (χ0n) is 13.5. The molecular formula is C17H24N2O3. The maximum atomic E-state index is 12.7. The molecule has 0 aromatic heterocycles. The number of methoxy groups -OCH3 is 1. The second kappa shape index (κ2) is 7.40. The number of nitrogens with zero attached hydrogens (tertiary/aromatic N) is 2. The predicted octanol–water partition coefficient (Wildman–Crippen LogP) is 2.03. The van der Waals surface area contributed by atoms with Gasteiger partial charge in [0.25, 0.3) is 5.91 Å². The number of likely N-dealkylation sites (N-methyl/N-ethyl adjacent to an activating group) is 1. The third-order valence-electron chi connectivity index (χ3n) is 4.02. The van der Waals surface area contributed by atoms with E-state index in [-0.39, 0.29) is 17.9 Å². The van der Waals surface area contributed by atoms with Crippen LogP contribution in [0.25, 0.3) is 0 Å². The third kappa shape index (κ3) is 3.85. The van der Waals surface area contributed by atoms with Crippen LogP contribution in [0.1, 0.15) is 40.0 Å². The smallest absolute Gasteiger partial charge is 0.337 e. The molecule has 1 saturated heterocycles. The highest BCUT2D eigenvalue weighted by Crippen LogP contribution is 2.20. The monoisotopic (exact) mass is 304 g/mol. The van der Waals surface area contributed by atoms with Crippen molar-refractivity contribution in [2.75, 3.05) is 34.3 Å². The second-order valence-electron chi connectivity index (χ2n) is 5.98. The summed E-state index contributed by atoms with van der Waals surface area (Å²) >= 11 is 0. The van der Waals surface area contributed by atoms with Crippen molar-refractivity contribution in [3.8, 4) is 0 Å². The molecule has 1 fully saturated rings. The first-order chi connectivity index (χ1) is 10.5. The van der Waals surface area contributed by atoms with Crippen LogP contribution in [0.5, 0.6) is 0 Å². The van der Waals surface area contributed by atoms with Crippen molar-refractivity contribution in [1.29, 1.82) is 0 Å². The minimum atomic E-state index is -0.387. The quantitative estimate of drug-likeness (QED) is 0.799. The fourth-order valence-corrected chi connectivity index (χ4v) is 2.91. The molecule has 5 heteroatoms. The van der Waals surface area contributed by atoms with Gasteiger partial charge in [0.15, 0.2) is 0 Å². The van der Waals surface area contributed by atoms with E-state index in [2.05, 4.69) is 9.64 Å². The normalized spacial score (nSPS) is 18.4. The molecule has 1 aliphatic heterocycles. The number of likely N-dealkylation sites (tertiary alicyclic amines) is 1. The van der Waals surface area contributed by atoms with E-state index in [0.717, 1.165) is 25.9 Å². The molecule has 1 heterocycles. The highest BCUT2D eigenvalue weighted by Gasteiger charge is 2.27. The summed E-state index contributed by atoms with van der Waals surface area (Å²) in [4.78, 5) is 28.3. The van der Waals surface area contributed by atoms with Crippen molar-refractivity contribution in [3.63, 3.8) is 0 Å². The molecule has 1 atom stereocenters. The number of hydrogen-bond acceptors (Lipinski definition) is 4. The number of hydrogen-bond donors (Lipinski definition) is 0. The average molecular weight is 304 g/mol. The molecule has 1 aromatic carbocycles. The molecule has 0 N–H and O–H groups in total. The Labute approximate surface area is 131 Å². The number of piperidine rings is 1. The first-order valence-corrected chi connectivity index (χ1v) is 7.67. The molecular weight excluding hydrogens is 280 g/mol. The highest BCUT2D eigenvalue weighted by molar-refractivity contribution is 5.96. The van der Waals surface area contributed by atoms with Gasteiger partial charge in [0.2, 0.25) is 0 Å². The van der Waals surface area contributed by atoms with Crippen molar-refractivity contribution in [3.05, 3.63) is 35.4 Å². The van der Waals surface area contributed by atoms with E-state index in [4.69, 9.17) is 0 Å². The zero-order chi connectivity index (χ0) is 16.1. The van der Waals surface area contributed by atoms with Crippen molar-refractivity contribution in [2.45, 2.75) is 25.3 Å². The molecule has 0 saturated carbocycles. The van der Waals surface area contributed by atoms with Crippen LogP contribution in [0, 0.1) is 0 Å². The van der Waals surface area contributed by atoms with Crippen LogP contribution in [0.2, 0.25) is 0 Å². The van der Waals surface area contributed by atoms with Crippen molar-refractivity contribution in [1.82, 2.24) is 9.80 Å². The molecule has 2 rings (SSSR count). The van der Waals surface area contributed by atoms with Gasteiger partial charge in [-0.05, 0) is 57.6 Å². The third-order valence-corrected chi connectivity index (χ3v) is 4.02. The predicted molar refractivity (Wildman–Crippen MR) is 85.0 cm³/mol. The number of carbonyl (C=O) groups excluding carboxylic acids is 2. The van der Waals surface area contributed by atoms with Crippen molar-refractivity contribution in [2.24, 2.45) is 0 Å². The summed E-state index contributed by atoms with van der Waals surface area (Å²) in [5.41, 5.74) is 1.08. The summed E-state index contributed by atoms with van der Waals surface area (Å²) in [7, 11) is 5.41. The maximum Gasteiger partial charge on any atom is 0.337 e. The number of carbonyl (C=O) groups is 2. The maximum absolute atomic E-state index is 12.7. The Kier molecular flexibility index (Phi) is 5.55. The van der Waals surface area contributed by atoms with E-state index >= 15 is 0 Å². The Hall–Kier alpha value is -1.88. The molecule has 0 bridgehead atoms. The summed E-state index contributed by atoms with van der Waals surface area (Å²) in [6.07, 6.45) is 3.27. The minimum Gasteiger partial charge on any atom is -0.465 e. The SMILES string of the molecule is COC(=O)c1ccc(C(=O)N2CCCCC2CN(C)C)cc1. The van der Waals surface area contributed by atoms with Crippen LogP contribution >= 0.6 is 0 Å². The second-order valence-corrected chi connectivity index (χ2v) is 5.98. The molecule has 5 nitrogen and oxygen atoms in total. The number of esters is 1. The fourth-order valence-electron chi connectivity index (χ4n) is 2.91. The molecule has 1 unspecified atom stereocenters. The van der Waals surface area contributed by atoms with Gasteiger partial charge in [-0.15, -0.1) is 0 Å². The lowest BCUT2D eigenvalue weighted by molar-refractivity contribution is 0.0569. The number of benzene rings is 1. The number of rotatable bonds is 4. The number of amides is 1. The first-order valence-electron chi connectivity index (χ1n) is 7.67. The van der Waals surface area contributed by atoms with Gasteiger partial charge in [-0.25, -0.2) is 4.79 Å². The van der Waals surface area contributed by atoms with Crippen LogP contribution in [0.3, 0.4) is 0 Å². The Morgan fingerprint density at radius 1 is 1.18 bits per heavy atom. The lowest BCUT2D eigenvalue weighted by atomic mass is 10.00. The first kappa shape index (κ1) is 16.5. The molecule has 0 aliphatic carbocycles. The van der Waals surface area contributed by atoms with E-state index in [1.165, 1.54) is 13.5 Å². The molecule has 1 aliphatic rings. The summed E-state index contributed by atoms with van der Waals surface area (Å²) in [6.45, 7) is 1.68. The lowest BCUT2D eigenvalue weighted by Gasteiger charge is -2.37. The Bertz CT molecular complexity index is 525. The minimum absolute atomic E-state index is 0.0444. The van der Waals surface area contributed by atoms with Crippen LogP contribution < -0.4 is 0 Å². The Balaban J connectivity index is 2.13. The van der Waals surface area contributed by atoms with E-state index in [9.17, 15) is 9.59 Å². The van der Waals surface area contributed by atoms with Gasteiger partial charge in [0, 0.05) is 24.7 Å². The van der Waals surface area contributed by atoms with Crippen LogP contribution in [-0.2, 0) is 4.74 Å². The molecule has 1 amide bonds. The highest BCUT2D eigenvalue weighted by atomic mass is 16.5.